The van der Waals surface area contributed by atoms with Gasteiger partial charge in [0.1, 0.15) is 0 Å². The van der Waals surface area contributed by atoms with Gasteiger partial charge in [-0.2, -0.15) is 0 Å². The lowest BCUT2D eigenvalue weighted by Crippen LogP contribution is -2.34. The van der Waals surface area contributed by atoms with Gasteiger partial charge in [0.15, 0.2) is 0 Å². The molecule has 0 unspecified atom stereocenters. The fourth-order valence-electron chi connectivity index (χ4n) is 1.76. The minimum atomic E-state index is -0.0162. The Morgan fingerprint density at radius 2 is 2.19 bits per heavy atom. The van der Waals surface area contributed by atoms with Crippen molar-refractivity contribution in [1.82, 2.24) is 10.6 Å². The Morgan fingerprint density at radius 3 is 2.88 bits per heavy atom. The van der Waals surface area contributed by atoms with Gasteiger partial charge in [-0.15, -0.1) is 0 Å². The molecule has 0 radical (unpaired) electrons. The second-order valence-electron chi connectivity index (χ2n) is 3.94. The topological polar surface area (TPSA) is 41.1 Å². The van der Waals surface area contributed by atoms with Gasteiger partial charge in [0, 0.05) is 18.7 Å². The van der Waals surface area contributed by atoms with Crippen molar-refractivity contribution in [2.24, 2.45) is 0 Å². The van der Waals surface area contributed by atoms with Gasteiger partial charge in [0.2, 0.25) is 5.91 Å². The number of benzene rings is 1. The molecule has 0 aromatic heterocycles. The Bertz CT molecular complexity index is 367. The summed E-state index contributed by atoms with van der Waals surface area (Å²) < 4.78 is 0. The molecule has 3 heteroatoms. The molecule has 0 spiro atoms. The molecule has 1 heterocycles. The van der Waals surface area contributed by atoms with E-state index in [2.05, 4.69) is 10.6 Å². The number of amides is 1. The second kappa shape index (κ2) is 5.47. The Labute approximate surface area is 95.6 Å². The Hall–Kier alpha value is -1.61. The SMILES string of the molecule is O=C(C=Cc1ccccc1)N[C@H]1CCNC1. The van der Waals surface area contributed by atoms with Gasteiger partial charge >= 0.3 is 0 Å². The first-order valence-electron chi connectivity index (χ1n) is 5.59. The Kier molecular flexibility index (Phi) is 3.72. The average Bonchev–Trinajstić information content (AvgIpc) is 2.81. The molecule has 2 N–H and O–H groups in total. The van der Waals surface area contributed by atoms with Gasteiger partial charge in [0.05, 0.1) is 0 Å². The van der Waals surface area contributed by atoms with E-state index in [9.17, 15) is 4.79 Å². The Balaban J connectivity index is 1.84. The molecule has 2 rings (SSSR count). The van der Waals surface area contributed by atoms with E-state index in [1.807, 2.05) is 36.4 Å². The summed E-state index contributed by atoms with van der Waals surface area (Å²) in [5.41, 5.74) is 1.04. The molecule has 1 saturated heterocycles. The molecular formula is C13H16N2O. The van der Waals surface area contributed by atoms with E-state index in [-0.39, 0.29) is 11.9 Å². The fraction of sp³-hybridized carbons (Fsp3) is 0.308. The van der Waals surface area contributed by atoms with Crippen LogP contribution in [-0.2, 0) is 4.79 Å². The summed E-state index contributed by atoms with van der Waals surface area (Å²) in [5.74, 6) is -0.0162. The van der Waals surface area contributed by atoms with E-state index >= 15 is 0 Å². The number of carbonyl (C=O) groups excluding carboxylic acids is 1. The molecule has 1 atom stereocenters. The first kappa shape index (κ1) is 10.9. The lowest BCUT2D eigenvalue weighted by molar-refractivity contribution is -0.117. The summed E-state index contributed by atoms with van der Waals surface area (Å²) in [5, 5.41) is 6.17. The van der Waals surface area contributed by atoms with Crippen LogP contribution in [0.2, 0.25) is 0 Å². The Morgan fingerprint density at radius 1 is 1.38 bits per heavy atom. The van der Waals surface area contributed by atoms with Crippen LogP contribution >= 0.6 is 0 Å². The van der Waals surface area contributed by atoms with Gasteiger partial charge in [0.25, 0.3) is 0 Å². The number of carbonyl (C=O) groups is 1. The predicted octanol–water partition coefficient (Wildman–Crippen LogP) is 1.18. The summed E-state index contributed by atoms with van der Waals surface area (Å²) >= 11 is 0. The van der Waals surface area contributed by atoms with Crippen molar-refractivity contribution >= 4 is 12.0 Å². The zero-order valence-electron chi connectivity index (χ0n) is 9.15. The normalized spacial score (nSPS) is 20.1. The van der Waals surface area contributed by atoms with E-state index < -0.39 is 0 Å². The largest absolute Gasteiger partial charge is 0.348 e. The van der Waals surface area contributed by atoms with E-state index in [1.165, 1.54) is 0 Å². The van der Waals surface area contributed by atoms with Crippen LogP contribution in [0.5, 0.6) is 0 Å². The monoisotopic (exact) mass is 216 g/mol. The summed E-state index contributed by atoms with van der Waals surface area (Å²) in [7, 11) is 0. The van der Waals surface area contributed by atoms with Crippen LogP contribution in [0.3, 0.4) is 0 Å². The maximum atomic E-state index is 11.5. The lowest BCUT2D eigenvalue weighted by atomic mass is 10.2. The molecule has 1 aliphatic rings. The van der Waals surface area contributed by atoms with Crippen molar-refractivity contribution in [3.63, 3.8) is 0 Å². The zero-order valence-corrected chi connectivity index (χ0v) is 9.15. The molecule has 0 saturated carbocycles. The average molecular weight is 216 g/mol. The molecule has 1 aromatic rings. The highest BCUT2D eigenvalue weighted by Gasteiger charge is 2.14. The van der Waals surface area contributed by atoms with Crippen LogP contribution in [-0.4, -0.2) is 25.0 Å². The first-order chi connectivity index (χ1) is 7.84. The summed E-state index contributed by atoms with van der Waals surface area (Å²) in [6.45, 7) is 1.87. The van der Waals surface area contributed by atoms with Crippen LogP contribution in [0.25, 0.3) is 6.08 Å². The van der Waals surface area contributed by atoms with Crippen LogP contribution < -0.4 is 10.6 Å². The van der Waals surface area contributed by atoms with E-state index in [4.69, 9.17) is 0 Å². The maximum absolute atomic E-state index is 11.5. The number of hydrogen-bond acceptors (Lipinski definition) is 2. The van der Waals surface area contributed by atoms with Crippen LogP contribution in [0.1, 0.15) is 12.0 Å². The third kappa shape index (κ3) is 3.21. The van der Waals surface area contributed by atoms with Gasteiger partial charge in [-0.25, -0.2) is 0 Å². The molecule has 1 amide bonds. The van der Waals surface area contributed by atoms with Crippen molar-refractivity contribution in [2.45, 2.75) is 12.5 Å². The fourth-order valence-corrected chi connectivity index (χ4v) is 1.76. The molecule has 84 valence electrons. The highest BCUT2D eigenvalue weighted by atomic mass is 16.1. The van der Waals surface area contributed by atoms with Gasteiger partial charge in [-0.05, 0) is 24.6 Å². The van der Waals surface area contributed by atoms with Crippen LogP contribution in [0, 0.1) is 0 Å². The molecule has 3 nitrogen and oxygen atoms in total. The summed E-state index contributed by atoms with van der Waals surface area (Å²) in [4.78, 5) is 11.5. The van der Waals surface area contributed by atoms with E-state index in [1.54, 1.807) is 6.08 Å². The smallest absolute Gasteiger partial charge is 0.244 e. The highest BCUT2D eigenvalue weighted by molar-refractivity contribution is 5.91. The van der Waals surface area contributed by atoms with Gasteiger partial charge in [-0.1, -0.05) is 30.3 Å². The second-order valence-corrected chi connectivity index (χ2v) is 3.94. The van der Waals surface area contributed by atoms with Crippen molar-refractivity contribution in [2.75, 3.05) is 13.1 Å². The molecular weight excluding hydrogens is 200 g/mol. The van der Waals surface area contributed by atoms with Gasteiger partial charge < -0.3 is 10.6 Å². The predicted molar refractivity (Wildman–Crippen MR) is 64.9 cm³/mol. The number of hydrogen-bond donors (Lipinski definition) is 2. The molecule has 0 aliphatic carbocycles. The quantitative estimate of drug-likeness (QED) is 0.745. The maximum Gasteiger partial charge on any atom is 0.244 e. The van der Waals surface area contributed by atoms with Crippen molar-refractivity contribution in [3.05, 3.63) is 42.0 Å². The van der Waals surface area contributed by atoms with E-state index in [0.717, 1.165) is 25.1 Å². The van der Waals surface area contributed by atoms with Crippen LogP contribution in [0.4, 0.5) is 0 Å². The van der Waals surface area contributed by atoms with Crippen LogP contribution in [0.15, 0.2) is 36.4 Å². The summed E-state index contributed by atoms with van der Waals surface area (Å²) in [6.07, 6.45) is 4.44. The standard InChI is InChI=1S/C13H16N2O/c16-13(15-12-8-9-14-10-12)7-6-11-4-2-1-3-5-11/h1-7,12,14H,8-10H2,(H,15,16)/t12-/m0/s1. The van der Waals surface area contributed by atoms with Crippen molar-refractivity contribution in [3.8, 4) is 0 Å². The zero-order chi connectivity index (χ0) is 11.2. The third-order valence-electron chi connectivity index (χ3n) is 2.63. The van der Waals surface area contributed by atoms with Crippen molar-refractivity contribution < 1.29 is 4.79 Å². The summed E-state index contributed by atoms with van der Waals surface area (Å²) in [6, 6.07) is 10.1. The number of nitrogens with one attached hydrogen (secondary N) is 2. The van der Waals surface area contributed by atoms with Crippen molar-refractivity contribution in [1.29, 1.82) is 0 Å². The lowest BCUT2D eigenvalue weighted by Gasteiger charge is -2.08. The molecule has 0 bridgehead atoms. The molecule has 1 fully saturated rings. The third-order valence-corrected chi connectivity index (χ3v) is 2.63. The van der Waals surface area contributed by atoms with E-state index in [0.29, 0.717) is 0 Å². The minimum absolute atomic E-state index is 0.0162. The molecule has 16 heavy (non-hydrogen) atoms. The van der Waals surface area contributed by atoms with Gasteiger partial charge in [-0.3, -0.25) is 4.79 Å². The minimum Gasteiger partial charge on any atom is -0.348 e. The first-order valence-corrected chi connectivity index (χ1v) is 5.59. The highest BCUT2D eigenvalue weighted by Crippen LogP contribution is 2.01. The molecule has 1 aromatic carbocycles. The molecule has 1 aliphatic heterocycles. The number of rotatable bonds is 3.